The number of likely N-dealkylation sites (tertiary alicyclic amines) is 1. The monoisotopic (exact) mass is 797 g/mol. The summed E-state index contributed by atoms with van der Waals surface area (Å²) in [4.78, 5) is 2.61. The quantitative estimate of drug-likeness (QED) is 0.0817. The summed E-state index contributed by atoms with van der Waals surface area (Å²) in [5.41, 5.74) is 0. The van der Waals surface area contributed by atoms with Crippen molar-refractivity contribution in [2.75, 3.05) is 32.6 Å². The minimum Gasteiger partial charge on any atom is -0.415 e. The van der Waals surface area contributed by atoms with Gasteiger partial charge in [0.05, 0.1) is 43.8 Å². The molecule has 3 unspecified atom stereocenters. The van der Waals surface area contributed by atoms with E-state index in [4.69, 9.17) is 21.9 Å². The fourth-order valence-electron chi connectivity index (χ4n) is 5.04. The van der Waals surface area contributed by atoms with Crippen LogP contribution in [-0.2, 0) is 32.0 Å². The van der Waals surface area contributed by atoms with E-state index in [1.807, 2.05) is 0 Å². The van der Waals surface area contributed by atoms with Gasteiger partial charge in [0, 0.05) is 6.54 Å². The number of piperidine rings is 1. The summed E-state index contributed by atoms with van der Waals surface area (Å²) in [6, 6.07) is 0.0147. The highest BCUT2D eigenvalue weighted by atomic mass is 32.2. The van der Waals surface area contributed by atoms with Crippen LogP contribution in [0.5, 0.6) is 0 Å². The topological polar surface area (TPSA) is 83.5 Å². The third-order valence-electron chi connectivity index (χ3n) is 12.7. The maximum atomic E-state index is 11.4. The highest BCUT2D eigenvalue weighted by molar-refractivity contribution is 7.85. The van der Waals surface area contributed by atoms with E-state index in [1.165, 1.54) is 0 Å². The molecular formula is C37H83NO7SSi4. The lowest BCUT2D eigenvalue weighted by molar-refractivity contribution is -0.128. The molecule has 0 radical (unpaired) electrons. The van der Waals surface area contributed by atoms with Crippen molar-refractivity contribution in [3.8, 4) is 0 Å². The molecule has 0 N–H and O–H groups in total. The van der Waals surface area contributed by atoms with Gasteiger partial charge in [-0.3, -0.25) is 9.08 Å². The van der Waals surface area contributed by atoms with Crippen molar-refractivity contribution in [2.24, 2.45) is 0 Å². The molecule has 0 aliphatic carbocycles. The Balaban J connectivity index is 3.81. The molecule has 0 aromatic heterocycles. The van der Waals surface area contributed by atoms with Crippen molar-refractivity contribution in [1.82, 2.24) is 4.90 Å². The van der Waals surface area contributed by atoms with Gasteiger partial charge in [-0.25, -0.2) is 0 Å². The SMILES string of the molecule is CC(C)(C)[Si](C)(C)OC[C@@H]1C(O[Si](C)(C)C(C)(C)C)C(O[Si](C)(C)C(C)(C)C)C(O[Si](C)(C)C(C)(C)C)CN1CCCCCCOS(C)(=O)=O. The van der Waals surface area contributed by atoms with E-state index < -0.39 is 43.4 Å². The second-order valence-corrected chi connectivity index (χ2v) is 41.9. The molecule has 1 aliphatic rings. The van der Waals surface area contributed by atoms with Gasteiger partial charge >= 0.3 is 0 Å². The van der Waals surface area contributed by atoms with Crippen molar-refractivity contribution >= 4 is 43.4 Å². The molecule has 300 valence electrons. The smallest absolute Gasteiger partial charge is 0.264 e. The van der Waals surface area contributed by atoms with Crippen molar-refractivity contribution in [3.63, 3.8) is 0 Å². The van der Waals surface area contributed by atoms with Crippen LogP contribution in [0.4, 0.5) is 0 Å². The van der Waals surface area contributed by atoms with E-state index in [1.54, 1.807) is 0 Å². The molecule has 1 saturated heterocycles. The van der Waals surface area contributed by atoms with Crippen LogP contribution in [0.2, 0.25) is 72.5 Å². The number of nitrogens with zero attached hydrogens (tertiary/aromatic N) is 1. The van der Waals surface area contributed by atoms with E-state index in [0.29, 0.717) is 6.61 Å². The van der Waals surface area contributed by atoms with Gasteiger partial charge in [0.1, 0.15) is 0 Å². The largest absolute Gasteiger partial charge is 0.415 e. The van der Waals surface area contributed by atoms with Gasteiger partial charge in [0.25, 0.3) is 10.1 Å². The highest BCUT2D eigenvalue weighted by Crippen LogP contribution is 2.46. The molecule has 1 fully saturated rings. The first-order chi connectivity index (χ1) is 22.0. The summed E-state index contributed by atoms with van der Waals surface area (Å²) in [7, 11) is -12.2. The number of hydrogen-bond donors (Lipinski definition) is 0. The lowest BCUT2D eigenvalue weighted by Gasteiger charge is -2.56. The van der Waals surface area contributed by atoms with E-state index in [9.17, 15) is 8.42 Å². The van der Waals surface area contributed by atoms with Gasteiger partial charge in [0.15, 0.2) is 33.3 Å². The van der Waals surface area contributed by atoms with Crippen LogP contribution in [0.3, 0.4) is 0 Å². The van der Waals surface area contributed by atoms with Crippen LogP contribution in [-0.4, -0.2) is 104 Å². The Morgan fingerprint density at radius 3 is 1.40 bits per heavy atom. The standard InChI is InChI=1S/C37H83NO7SSi4/c1-34(2,3)47(14,15)42-29-30-32(44-49(18,19)36(7,8)9)33(45-50(20,21)37(10,11)12)31(43-48(16,17)35(4,5)6)28-38(30)26-24-22-23-25-27-41-46(13,39)40/h30-33H,22-29H2,1-21H3/t30-,31?,32?,33?/m1/s1. The van der Waals surface area contributed by atoms with Crippen LogP contribution in [0.15, 0.2) is 0 Å². The van der Waals surface area contributed by atoms with E-state index in [2.05, 4.69) is 140 Å². The maximum Gasteiger partial charge on any atom is 0.264 e. The Morgan fingerprint density at radius 1 is 0.580 bits per heavy atom. The lowest BCUT2D eigenvalue weighted by Crippen LogP contribution is -2.70. The number of rotatable bonds is 17. The molecule has 0 aromatic carbocycles. The van der Waals surface area contributed by atoms with Gasteiger partial charge < -0.3 is 17.7 Å². The third kappa shape index (κ3) is 14.0. The Kier molecular flexibility index (Phi) is 16.7. The summed E-state index contributed by atoms with van der Waals surface area (Å²) >= 11 is 0. The molecular weight excluding hydrogens is 715 g/mol. The molecule has 13 heteroatoms. The van der Waals surface area contributed by atoms with Gasteiger partial charge in [-0.05, 0) is 91.9 Å². The highest BCUT2D eigenvalue weighted by Gasteiger charge is 2.55. The van der Waals surface area contributed by atoms with E-state index >= 15 is 0 Å². The van der Waals surface area contributed by atoms with Crippen molar-refractivity contribution < 1.29 is 30.3 Å². The normalized spacial score (nSPS) is 23.1. The first kappa shape index (κ1) is 48.6. The average Bonchev–Trinajstić information content (AvgIpc) is 2.85. The molecule has 1 rings (SSSR count). The predicted octanol–water partition coefficient (Wildman–Crippen LogP) is 10.4. The molecule has 0 spiro atoms. The van der Waals surface area contributed by atoms with Gasteiger partial charge in [-0.15, -0.1) is 0 Å². The van der Waals surface area contributed by atoms with Crippen LogP contribution in [0.1, 0.15) is 109 Å². The first-order valence-electron chi connectivity index (χ1n) is 19.2. The van der Waals surface area contributed by atoms with Crippen molar-refractivity contribution in [1.29, 1.82) is 0 Å². The van der Waals surface area contributed by atoms with Crippen molar-refractivity contribution in [3.05, 3.63) is 0 Å². The third-order valence-corrected chi connectivity index (χ3v) is 31.3. The fraction of sp³-hybridized carbons (Fsp3) is 1.00. The van der Waals surface area contributed by atoms with Crippen LogP contribution >= 0.6 is 0 Å². The van der Waals surface area contributed by atoms with Crippen LogP contribution < -0.4 is 0 Å². The molecule has 0 amide bonds. The zero-order chi connectivity index (χ0) is 39.6. The molecule has 4 atom stereocenters. The van der Waals surface area contributed by atoms with E-state index in [0.717, 1.165) is 45.0 Å². The Morgan fingerprint density at radius 2 is 0.980 bits per heavy atom. The molecule has 0 bridgehead atoms. The summed E-state index contributed by atoms with van der Waals surface area (Å²) in [6.07, 6.45) is 4.18. The molecule has 50 heavy (non-hydrogen) atoms. The second-order valence-electron chi connectivity index (χ2n) is 21.2. The minimum absolute atomic E-state index is 0.0147. The summed E-state index contributed by atoms with van der Waals surface area (Å²) < 4.78 is 57.6. The summed E-state index contributed by atoms with van der Waals surface area (Å²) in [5, 5.41) is 0.180. The predicted molar refractivity (Wildman–Crippen MR) is 224 cm³/mol. The van der Waals surface area contributed by atoms with Crippen LogP contribution in [0, 0.1) is 0 Å². The van der Waals surface area contributed by atoms with Gasteiger partial charge in [-0.1, -0.05) is 95.9 Å². The minimum atomic E-state index is -3.41. The second kappa shape index (κ2) is 17.2. The molecule has 0 aromatic rings. The Hall–Kier alpha value is 0.578. The fourth-order valence-corrected chi connectivity index (χ4v) is 10.4. The van der Waals surface area contributed by atoms with Crippen molar-refractivity contribution in [2.45, 2.75) is 206 Å². The Bertz CT molecular complexity index is 1170. The molecule has 1 aliphatic heterocycles. The maximum absolute atomic E-state index is 11.4. The summed E-state index contributed by atoms with van der Waals surface area (Å²) in [6.45, 7) is 49.1. The average molecular weight is 798 g/mol. The first-order valence-corrected chi connectivity index (χ1v) is 32.7. The van der Waals surface area contributed by atoms with Crippen LogP contribution in [0.25, 0.3) is 0 Å². The molecule has 0 saturated carbocycles. The number of unbranched alkanes of at least 4 members (excludes halogenated alkanes) is 3. The number of hydrogen-bond acceptors (Lipinski definition) is 8. The zero-order valence-corrected chi connectivity index (χ0v) is 41.5. The molecule has 8 nitrogen and oxygen atoms in total. The lowest BCUT2D eigenvalue weighted by atomic mass is 9.94. The van der Waals surface area contributed by atoms with Gasteiger partial charge in [0.2, 0.25) is 0 Å². The zero-order valence-electron chi connectivity index (χ0n) is 36.7. The van der Waals surface area contributed by atoms with E-state index in [-0.39, 0.29) is 51.1 Å². The summed E-state index contributed by atoms with van der Waals surface area (Å²) in [5.74, 6) is 0. The Labute approximate surface area is 315 Å². The van der Waals surface area contributed by atoms with Gasteiger partial charge in [-0.2, -0.15) is 8.42 Å². The molecule has 1 heterocycles.